The van der Waals surface area contributed by atoms with Crippen LogP contribution in [-0.4, -0.2) is 12.9 Å². The monoisotopic (exact) mass is 154 g/mol. The Labute approximate surface area is 64.4 Å². The summed E-state index contributed by atoms with van der Waals surface area (Å²) in [6.45, 7) is 2.03. The molecule has 2 nitrogen and oxygen atoms in total. The van der Waals surface area contributed by atoms with E-state index < -0.39 is 0 Å². The molecule has 0 amide bonds. The minimum absolute atomic E-state index is 0.624. The van der Waals surface area contributed by atoms with Crippen molar-refractivity contribution < 1.29 is 0 Å². The fraction of sp³-hybridized carbons (Fsp3) is 0.286. The van der Waals surface area contributed by atoms with E-state index in [1.807, 2.05) is 12.3 Å². The largest absolute Gasteiger partial charge is 0.383 e. The van der Waals surface area contributed by atoms with Crippen molar-refractivity contribution in [1.29, 1.82) is 0 Å². The highest BCUT2D eigenvalue weighted by Gasteiger charge is 2.00. The maximum atomic E-state index is 5.60. The molecule has 0 spiro atoms. The Hall–Kier alpha value is -0.830. The van der Waals surface area contributed by atoms with Crippen molar-refractivity contribution in [3.63, 3.8) is 0 Å². The maximum Gasteiger partial charge on any atom is 0.126 e. The molecule has 2 N–H and O–H groups in total. The first-order valence-electron chi connectivity index (χ1n) is 3.01. The molecule has 1 aromatic rings. The third-order valence-corrected chi connectivity index (χ3v) is 2.23. The van der Waals surface area contributed by atoms with E-state index in [2.05, 4.69) is 10.4 Å². The molecule has 1 rings (SSSR count). The minimum atomic E-state index is 0.624. The van der Waals surface area contributed by atoms with Gasteiger partial charge >= 0.3 is 0 Å². The van der Waals surface area contributed by atoms with Crippen LogP contribution in [0.5, 0.6) is 0 Å². The molecule has 0 atom stereocenters. The minimum Gasteiger partial charge on any atom is -0.383 e. The van der Waals surface area contributed by atoms with Crippen molar-refractivity contribution in [1.82, 2.24) is 0 Å². The van der Waals surface area contributed by atoms with Crippen LogP contribution in [-0.2, 0) is 0 Å². The normalized spacial score (nSPS) is 12.0. The van der Waals surface area contributed by atoms with E-state index in [9.17, 15) is 0 Å². The third kappa shape index (κ3) is 1.19. The van der Waals surface area contributed by atoms with Gasteiger partial charge in [-0.2, -0.15) is 11.3 Å². The highest BCUT2D eigenvalue weighted by Crippen LogP contribution is 2.12. The number of aliphatic imine (C=N–C) groups is 1. The van der Waals surface area contributed by atoms with E-state index in [4.69, 9.17) is 5.73 Å². The van der Waals surface area contributed by atoms with Gasteiger partial charge in [0.2, 0.25) is 0 Å². The third-order valence-electron chi connectivity index (χ3n) is 1.37. The highest BCUT2D eigenvalue weighted by atomic mass is 32.1. The smallest absolute Gasteiger partial charge is 0.126 e. The average molecular weight is 154 g/mol. The van der Waals surface area contributed by atoms with E-state index in [1.54, 1.807) is 18.4 Å². The van der Waals surface area contributed by atoms with Gasteiger partial charge in [-0.25, -0.2) is 0 Å². The molecule has 0 saturated carbocycles. The van der Waals surface area contributed by atoms with Gasteiger partial charge in [0.1, 0.15) is 5.84 Å². The summed E-state index contributed by atoms with van der Waals surface area (Å²) in [5, 5.41) is 4.07. The van der Waals surface area contributed by atoms with E-state index in [0.29, 0.717) is 5.84 Å². The molecular formula is C7H10N2S. The Morgan fingerprint density at radius 3 is 2.70 bits per heavy atom. The van der Waals surface area contributed by atoms with E-state index in [0.717, 1.165) is 5.56 Å². The van der Waals surface area contributed by atoms with Crippen molar-refractivity contribution in [2.45, 2.75) is 6.92 Å². The summed E-state index contributed by atoms with van der Waals surface area (Å²) in [4.78, 5) is 3.89. The molecule has 0 unspecified atom stereocenters. The van der Waals surface area contributed by atoms with Crippen LogP contribution in [0.1, 0.15) is 11.1 Å². The van der Waals surface area contributed by atoms with Crippen molar-refractivity contribution in [2.75, 3.05) is 7.05 Å². The van der Waals surface area contributed by atoms with Gasteiger partial charge in [0.05, 0.1) is 0 Å². The molecule has 10 heavy (non-hydrogen) atoms. The molecular weight excluding hydrogens is 144 g/mol. The van der Waals surface area contributed by atoms with Crippen LogP contribution in [0, 0.1) is 6.92 Å². The predicted molar refractivity (Wildman–Crippen MR) is 45.7 cm³/mol. The number of hydrogen-bond donors (Lipinski definition) is 1. The van der Waals surface area contributed by atoms with Gasteiger partial charge in [0, 0.05) is 18.0 Å². The average Bonchev–Trinajstić information content (AvgIpc) is 2.34. The molecule has 0 aliphatic rings. The molecule has 1 heterocycles. The quantitative estimate of drug-likeness (QED) is 0.482. The lowest BCUT2D eigenvalue weighted by atomic mass is 10.2. The first-order chi connectivity index (χ1) is 4.75. The molecule has 1 aromatic heterocycles. The van der Waals surface area contributed by atoms with Crippen molar-refractivity contribution >= 4 is 17.2 Å². The standard InChI is InChI=1S/C7H10N2S/c1-5-3-10-4-6(5)7(8)9-2/h3-4H,1-2H3,(H2,8,9). The Bertz CT molecular complexity index is 250. The fourth-order valence-electron chi connectivity index (χ4n) is 0.743. The molecule has 0 fully saturated rings. The lowest BCUT2D eigenvalue weighted by Gasteiger charge is -1.95. The van der Waals surface area contributed by atoms with Gasteiger partial charge in [-0.15, -0.1) is 0 Å². The Morgan fingerprint density at radius 1 is 1.60 bits per heavy atom. The van der Waals surface area contributed by atoms with Crippen molar-refractivity contribution in [3.8, 4) is 0 Å². The Balaban J connectivity index is 3.05. The van der Waals surface area contributed by atoms with Gasteiger partial charge in [0.15, 0.2) is 0 Å². The topological polar surface area (TPSA) is 38.4 Å². The molecule has 0 radical (unpaired) electrons. The van der Waals surface area contributed by atoms with Crippen LogP contribution in [0.2, 0.25) is 0 Å². The predicted octanol–water partition coefficient (Wildman–Crippen LogP) is 1.39. The van der Waals surface area contributed by atoms with Crippen LogP contribution >= 0.6 is 11.3 Å². The SMILES string of the molecule is CN=C(N)c1cscc1C. The number of nitrogens with zero attached hydrogens (tertiary/aromatic N) is 1. The van der Waals surface area contributed by atoms with E-state index >= 15 is 0 Å². The second-order valence-electron chi connectivity index (χ2n) is 2.08. The maximum absolute atomic E-state index is 5.60. The summed E-state index contributed by atoms with van der Waals surface area (Å²) in [5.74, 6) is 0.624. The zero-order valence-electron chi connectivity index (χ0n) is 6.09. The molecule has 0 aliphatic carbocycles. The van der Waals surface area contributed by atoms with Crippen molar-refractivity contribution in [3.05, 3.63) is 21.9 Å². The second kappa shape index (κ2) is 2.84. The molecule has 0 bridgehead atoms. The lowest BCUT2D eigenvalue weighted by Crippen LogP contribution is -2.12. The van der Waals surface area contributed by atoms with Gasteiger partial charge in [-0.1, -0.05) is 0 Å². The number of hydrogen-bond acceptors (Lipinski definition) is 2. The molecule has 0 aromatic carbocycles. The van der Waals surface area contributed by atoms with Crippen LogP contribution in [0.3, 0.4) is 0 Å². The van der Waals surface area contributed by atoms with Crippen molar-refractivity contribution in [2.24, 2.45) is 10.7 Å². The number of amidine groups is 1. The number of rotatable bonds is 1. The summed E-state index contributed by atoms with van der Waals surface area (Å²) < 4.78 is 0. The van der Waals surface area contributed by atoms with Crippen LogP contribution < -0.4 is 5.73 Å². The van der Waals surface area contributed by atoms with Gasteiger partial charge in [-0.05, 0) is 17.9 Å². The summed E-state index contributed by atoms with van der Waals surface area (Å²) in [5.41, 5.74) is 7.86. The summed E-state index contributed by atoms with van der Waals surface area (Å²) >= 11 is 1.65. The number of thiophene rings is 1. The van der Waals surface area contributed by atoms with Gasteiger partial charge in [-0.3, -0.25) is 4.99 Å². The zero-order chi connectivity index (χ0) is 7.56. The Morgan fingerprint density at radius 2 is 2.30 bits per heavy atom. The molecule has 0 saturated heterocycles. The second-order valence-corrected chi connectivity index (χ2v) is 2.82. The fourth-order valence-corrected chi connectivity index (χ4v) is 1.59. The molecule has 54 valence electrons. The summed E-state index contributed by atoms with van der Waals surface area (Å²) in [7, 11) is 1.70. The van der Waals surface area contributed by atoms with Gasteiger partial charge < -0.3 is 5.73 Å². The number of aryl methyl sites for hydroxylation is 1. The van der Waals surface area contributed by atoms with E-state index in [-0.39, 0.29) is 0 Å². The lowest BCUT2D eigenvalue weighted by molar-refractivity contribution is 1.38. The van der Waals surface area contributed by atoms with Crippen LogP contribution in [0.25, 0.3) is 0 Å². The summed E-state index contributed by atoms with van der Waals surface area (Å²) in [6, 6.07) is 0. The van der Waals surface area contributed by atoms with Crippen LogP contribution in [0.4, 0.5) is 0 Å². The van der Waals surface area contributed by atoms with Crippen LogP contribution in [0.15, 0.2) is 15.8 Å². The molecule has 0 aliphatic heterocycles. The molecule has 3 heteroatoms. The first kappa shape index (κ1) is 7.28. The summed E-state index contributed by atoms with van der Waals surface area (Å²) in [6.07, 6.45) is 0. The van der Waals surface area contributed by atoms with E-state index in [1.165, 1.54) is 5.56 Å². The number of nitrogens with two attached hydrogens (primary N) is 1. The highest BCUT2D eigenvalue weighted by molar-refractivity contribution is 7.08. The Kier molecular flexibility index (Phi) is 2.06. The zero-order valence-corrected chi connectivity index (χ0v) is 6.90. The first-order valence-corrected chi connectivity index (χ1v) is 3.95. The van der Waals surface area contributed by atoms with Gasteiger partial charge in [0.25, 0.3) is 0 Å².